The first kappa shape index (κ1) is 14.9. The van der Waals surface area contributed by atoms with E-state index in [9.17, 15) is 0 Å². The van der Waals surface area contributed by atoms with Crippen molar-refractivity contribution < 1.29 is 0 Å². The normalized spacial score (nSPS) is 20.5. The van der Waals surface area contributed by atoms with Crippen LogP contribution in [-0.4, -0.2) is 34.1 Å². The molecule has 0 saturated heterocycles. The zero-order valence-electron chi connectivity index (χ0n) is 13.1. The zero-order chi connectivity index (χ0) is 14.7. The maximum atomic E-state index is 4.73. The second-order valence-corrected chi connectivity index (χ2v) is 7.52. The fraction of sp³-hybridized carbons (Fsp3) is 0.750. The van der Waals surface area contributed by atoms with Crippen LogP contribution >= 0.6 is 11.8 Å². The van der Waals surface area contributed by atoms with Gasteiger partial charge in [0.2, 0.25) is 0 Å². The predicted molar refractivity (Wildman–Crippen MR) is 91.4 cm³/mol. The van der Waals surface area contributed by atoms with E-state index in [2.05, 4.69) is 34.9 Å². The molecule has 0 radical (unpaired) electrons. The molecule has 2 saturated carbocycles. The van der Waals surface area contributed by atoms with Crippen LogP contribution in [-0.2, 0) is 0 Å². The van der Waals surface area contributed by atoms with Crippen molar-refractivity contribution in [1.82, 2.24) is 9.97 Å². The summed E-state index contributed by atoms with van der Waals surface area (Å²) in [7, 11) is 0. The van der Waals surface area contributed by atoms with E-state index in [4.69, 9.17) is 4.98 Å². The Morgan fingerprint density at radius 2 is 1.86 bits per heavy atom. The number of anilines is 2. The highest BCUT2D eigenvalue weighted by molar-refractivity contribution is 8.00. The van der Waals surface area contributed by atoms with Crippen LogP contribution in [0.15, 0.2) is 6.07 Å². The highest BCUT2D eigenvalue weighted by Gasteiger charge is 2.33. The average molecular weight is 306 g/mol. The highest BCUT2D eigenvalue weighted by Crippen LogP contribution is 2.41. The summed E-state index contributed by atoms with van der Waals surface area (Å²) in [6, 6.07) is 2.05. The molecule has 1 aromatic rings. The number of rotatable bonds is 7. The van der Waals surface area contributed by atoms with Gasteiger partial charge < -0.3 is 10.6 Å². The molecule has 0 amide bonds. The van der Waals surface area contributed by atoms with Crippen molar-refractivity contribution in [2.75, 3.05) is 30.0 Å². The number of nitrogens with zero attached hydrogens (tertiary/aromatic N) is 2. The van der Waals surface area contributed by atoms with Crippen molar-refractivity contribution in [3.63, 3.8) is 0 Å². The molecule has 0 unspecified atom stereocenters. The summed E-state index contributed by atoms with van der Waals surface area (Å²) in [5.74, 6) is 3.55. The van der Waals surface area contributed by atoms with E-state index in [1.165, 1.54) is 38.5 Å². The smallest absolute Gasteiger partial charge is 0.136 e. The van der Waals surface area contributed by atoms with Gasteiger partial charge in [-0.05, 0) is 38.9 Å². The van der Waals surface area contributed by atoms with Gasteiger partial charge in [-0.3, -0.25) is 0 Å². The number of hydrogen-bond acceptors (Lipinski definition) is 5. The lowest BCUT2D eigenvalue weighted by molar-refractivity contribution is 0.638. The molecule has 21 heavy (non-hydrogen) atoms. The molecule has 2 fully saturated rings. The fourth-order valence-electron chi connectivity index (χ4n) is 3.08. The van der Waals surface area contributed by atoms with Crippen molar-refractivity contribution in [2.24, 2.45) is 0 Å². The first-order valence-electron chi connectivity index (χ1n) is 8.16. The summed E-state index contributed by atoms with van der Waals surface area (Å²) in [4.78, 5) is 9.37. The Balaban J connectivity index is 1.71. The van der Waals surface area contributed by atoms with Gasteiger partial charge in [0.15, 0.2) is 0 Å². The quantitative estimate of drug-likeness (QED) is 0.801. The topological polar surface area (TPSA) is 49.8 Å². The van der Waals surface area contributed by atoms with E-state index < -0.39 is 0 Å². The molecule has 0 atom stereocenters. The summed E-state index contributed by atoms with van der Waals surface area (Å²) in [5, 5.41) is 6.91. The minimum absolute atomic E-state index is 0.406. The molecule has 0 aromatic carbocycles. The van der Waals surface area contributed by atoms with Crippen LogP contribution < -0.4 is 10.6 Å². The van der Waals surface area contributed by atoms with Crippen LogP contribution in [0.25, 0.3) is 0 Å². The van der Waals surface area contributed by atoms with Gasteiger partial charge >= 0.3 is 0 Å². The van der Waals surface area contributed by atoms with E-state index in [0.717, 1.165) is 30.5 Å². The van der Waals surface area contributed by atoms with E-state index in [1.54, 1.807) is 0 Å². The Hall–Kier alpha value is -0.970. The molecule has 3 rings (SSSR count). The van der Waals surface area contributed by atoms with Crippen molar-refractivity contribution in [2.45, 2.75) is 56.1 Å². The lowest BCUT2D eigenvalue weighted by Gasteiger charge is -2.27. The largest absolute Gasteiger partial charge is 0.370 e. The van der Waals surface area contributed by atoms with Crippen LogP contribution in [0.4, 0.5) is 11.6 Å². The molecule has 0 aliphatic heterocycles. The Morgan fingerprint density at radius 1 is 1.19 bits per heavy atom. The maximum absolute atomic E-state index is 4.73. The number of thioether (sulfide) groups is 1. The van der Waals surface area contributed by atoms with E-state index in [0.29, 0.717) is 10.7 Å². The van der Waals surface area contributed by atoms with Gasteiger partial charge in [-0.1, -0.05) is 12.8 Å². The van der Waals surface area contributed by atoms with Crippen LogP contribution in [0.3, 0.4) is 0 Å². The van der Waals surface area contributed by atoms with Crippen LogP contribution in [0.1, 0.15) is 57.2 Å². The van der Waals surface area contributed by atoms with Gasteiger partial charge in [0.1, 0.15) is 17.5 Å². The first-order valence-corrected chi connectivity index (χ1v) is 9.39. The van der Waals surface area contributed by atoms with Gasteiger partial charge in [0, 0.05) is 29.8 Å². The summed E-state index contributed by atoms with van der Waals surface area (Å²) < 4.78 is 0.406. The van der Waals surface area contributed by atoms with Crippen molar-refractivity contribution in [3.05, 3.63) is 11.9 Å². The fourth-order valence-corrected chi connectivity index (χ4v) is 3.99. The third kappa shape index (κ3) is 3.62. The number of aromatic nitrogens is 2. The third-order valence-corrected chi connectivity index (χ3v) is 6.00. The predicted octanol–water partition coefficient (Wildman–Crippen LogP) is 3.87. The van der Waals surface area contributed by atoms with Crippen molar-refractivity contribution in [3.8, 4) is 0 Å². The van der Waals surface area contributed by atoms with Crippen LogP contribution in [0.5, 0.6) is 0 Å². The molecule has 4 nitrogen and oxygen atoms in total. The molecule has 5 heteroatoms. The highest BCUT2D eigenvalue weighted by atomic mass is 32.2. The molecule has 0 spiro atoms. The van der Waals surface area contributed by atoms with Gasteiger partial charge in [-0.15, -0.1) is 0 Å². The monoisotopic (exact) mass is 306 g/mol. The second kappa shape index (κ2) is 6.42. The standard InChI is InChI=1S/C16H26N4S/c1-3-17-13-10-14(20-15(19-13)12-6-7-12)18-11-16(21-2)8-4-5-9-16/h10,12H,3-9,11H2,1-2H3,(H2,17,18,19,20). The summed E-state index contributed by atoms with van der Waals surface area (Å²) >= 11 is 2.01. The lowest BCUT2D eigenvalue weighted by Crippen LogP contribution is -2.30. The molecular formula is C16H26N4S. The lowest BCUT2D eigenvalue weighted by atomic mass is 10.1. The molecule has 0 bridgehead atoms. The van der Waals surface area contributed by atoms with E-state index in [-0.39, 0.29) is 0 Å². The molecule has 1 heterocycles. The summed E-state index contributed by atoms with van der Waals surface area (Å²) in [5.41, 5.74) is 0. The molecule has 1 aromatic heterocycles. The molecule has 2 N–H and O–H groups in total. The minimum atomic E-state index is 0.406. The van der Waals surface area contributed by atoms with Crippen molar-refractivity contribution >= 4 is 23.4 Å². The Bertz CT molecular complexity index is 481. The van der Waals surface area contributed by atoms with Gasteiger partial charge in [0.05, 0.1) is 0 Å². The van der Waals surface area contributed by atoms with E-state index in [1.807, 2.05) is 11.8 Å². The Labute approximate surface area is 131 Å². The minimum Gasteiger partial charge on any atom is -0.370 e. The maximum Gasteiger partial charge on any atom is 0.136 e. The Morgan fingerprint density at radius 3 is 2.43 bits per heavy atom. The molecule has 2 aliphatic rings. The van der Waals surface area contributed by atoms with Gasteiger partial charge in [-0.2, -0.15) is 11.8 Å². The number of hydrogen-bond donors (Lipinski definition) is 2. The zero-order valence-corrected chi connectivity index (χ0v) is 13.9. The first-order chi connectivity index (χ1) is 10.2. The molecule has 2 aliphatic carbocycles. The average Bonchev–Trinajstić information content (AvgIpc) is 3.25. The molecule has 116 valence electrons. The van der Waals surface area contributed by atoms with Crippen molar-refractivity contribution in [1.29, 1.82) is 0 Å². The Kier molecular flexibility index (Phi) is 4.57. The van der Waals surface area contributed by atoms with E-state index >= 15 is 0 Å². The van der Waals surface area contributed by atoms with Crippen LogP contribution in [0.2, 0.25) is 0 Å². The summed E-state index contributed by atoms with van der Waals surface area (Å²) in [6.45, 7) is 4.02. The number of nitrogens with one attached hydrogen (secondary N) is 2. The van der Waals surface area contributed by atoms with Gasteiger partial charge in [-0.25, -0.2) is 9.97 Å². The van der Waals surface area contributed by atoms with Gasteiger partial charge in [0.25, 0.3) is 0 Å². The third-order valence-electron chi connectivity index (χ3n) is 4.58. The second-order valence-electron chi connectivity index (χ2n) is 6.25. The summed E-state index contributed by atoms with van der Waals surface area (Å²) in [6.07, 6.45) is 10.1. The molecular weight excluding hydrogens is 280 g/mol. The SMILES string of the molecule is CCNc1cc(NCC2(SC)CCCC2)nc(C2CC2)n1. The van der Waals surface area contributed by atoms with Crippen LogP contribution in [0, 0.1) is 0 Å².